The highest BCUT2D eigenvalue weighted by Crippen LogP contribution is 2.24. The number of hydrogen-bond donors (Lipinski definition) is 0. The molecule has 5 heteroatoms. The van der Waals surface area contributed by atoms with Gasteiger partial charge >= 0.3 is 6.18 Å². The van der Waals surface area contributed by atoms with E-state index in [0.717, 1.165) is 16.7 Å². The maximum atomic E-state index is 12.0. The third-order valence-corrected chi connectivity index (χ3v) is 3.43. The Morgan fingerprint density at radius 3 is 2.30 bits per heavy atom. The van der Waals surface area contributed by atoms with Crippen LogP contribution in [0.1, 0.15) is 5.56 Å². The fraction of sp³-hybridized carbons (Fsp3) is 0.333. The number of alkyl halides is 3. The maximum absolute atomic E-state index is 12.0. The SMILES string of the molecule is CN(CCOCC(F)(F)F)Cc1ccccc1-c1ccccc1. The first-order chi connectivity index (χ1) is 11.0. The molecule has 0 aliphatic rings. The van der Waals surface area contributed by atoms with Crippen LogP contribution >= 0.6 is 0 Å². The van der Waals surface area contributed by atoms with Gasteiger partial charge in [0.05, 0.1) is 6.61 Å². The summed E-state index contributed by atoms with van der Waals surface area (Å²) in [6.07, 6.45) is -4.27. The average molecular weight is 323 g/mol. The molecular weight excluding hydrogens is 303 g/mol. The van der Waals surface area contributed by atoms with Crippen LogP contribution in [-0.2, 0) is 11.3 Å². The number of likely N-dealkylation sites (N-methyl/N-ethyl adjacent to an activating group) is 1. The van der Waals surface area contributed by atoms with Crippen LogP contribution in [0.15, 0.2) is 54.6 Å². The second-order valence-corrected chi connectivity index (χ2v) is 5.43. The third-order valence-electron chi connectivity index (χ3n) is 3.43. The molecule has 0 spiro atoms. The predicted molar refractivity (Wildman–Crippen MR) is 85.1 cm³/mol. The van der Waals surface area contributed by atoms with E-state index in [2.05, 4.69) is 10.8 Å². The first-order valence-corrected chi connectivity index (χ1v) is 7.42. The molecule has 0 fully saturated rings. The number of benzene rings is 2. The molecule has 0 N–H and O–H groups in total. The van der Waals surface area contributed by atoms with E-state index in [-0.39, 0.29) is 6.61 Å². The summed E-state index contributed by atoms with van der Waals surface area (Å²) in [7, 11) is 1.87. The third kappa shape index (κ3) is 6.04. The Hall–Kier alpha value is -1.85. The zero-order valence-electron chi connectivity index (χ0n) is 13.0. The fourth-order valence-corrected chi connectivity index (χ4v) is 2.34. The van der Waals surface area contributed by atoms with Crippen molar-refractivity contribution in [2.75, 3.05) is 26.8 Å². The molecule has 2 aromatic rings. The lowest BCUT2D eigenvalue weighted by atomic mass is 9.99. The first kappa shape index (κ1) is 17.5. The first-order valence-electron chi connectivity index (χ1n) is 7.42. The molecule has 0 aromatic heterocycles. The molecule has 0 unspecified atom stereocenters. The molecule has 0 aliphatic heterocycles. The van der Waals surface area contributed by atoms with E-state index < -0.39 is 12.8 Å². The van der Waals surface area contributed by atoms with Crippen molar-refractivity contribution < 1.29 is 17.9 Å². The molecule has 0 atom stereocenters. The van der Waals surface area contributed by atoms with Crippen molar-refractivity contribution in [2.24, 2.45) is 0 Å². The van der Waals surface area contributed by atoms with Crippen LogP contribution in [0.2, 0.25) is 0 Å². The number of rotatable bonds is 7. The summed E-state index contributed by atoms with van der Waals surface area (Å²) in [6.45, 7) is -0.0371. The van der Waals surface area contributed by atoms with Gasteiger partial charge in [0.25, 0.3) is 0 Å². The Labute approximate surface area is 134 Å². The van der Waals surface area contributed by atoms with Gasteiger partial charge in [0.2, 0.25) is 0 Å². The van der Waals surface area contributed by atoms with Crippen LogP contribution in [0.25, 0.3) is 11.1 Å². The fourth-order valence-electron chi connectivity index (χ4n) is 2.34. The summed E-state index contributed by atoms with van der Waals surface area (Å²) in [5.74, 6) is 0. The van der Waals surface area contributed by atoms with Gasteiger partial charge < -0.3 is 4.74 Å². The van der Waals surface area contributed by atoms with Crippen molar-refractivity contribution in [1.82, 2.24) is 4.90 Å². The van der Waals surface area contributed by atoms with Crippen LogP contribution in [0.4, 0.5) is 13.2 Å². The minimum Gasteiger partial charge on any atom is -0.371 e. The Balaban J connectivity index is 1.93. The summed E-state index contributed by atoms with van der Waals surface area (Å²) in [6, 6.07) is 18.1. The zero-order chi connectivity index (χ0) is 16.7. The molecule has 0 aliphatic carbocycles. The molecule has 23 heavy (non-hydrogen) atoms. The Bertz CT molecular complexity index is 599. The number of hydrogen-bond acceptors (Lipinski definition) is 2. The molecule has 2 aromatic carbocycles. The standard InChI is InChI=1S/C18H20F3NO/c1-22(11-12-23-14-18(19,20)21)13-16-9-5-6-10-17(16)15-7-3-2-4-8-15/h2-10H,11-14H2,1H3. The minimum atomic E-state index is -4.27. The van der Waals surface area contributed by atoms with Crippen molar-refractivity contribution >= 4 is 0 Å². The summed E-state index contributed by atoms with van der Waals surface area (Å²) in [5.41, 5.74) is 3.40. The Morgan fingerprint density at radius 2 is 1.61 bits per heavy atom. The van der Waals surface area contributed by atoms with E-state index >= 15 is 0 Å². The second kappa shape index (κ2) is 8.13. The molecule has 0 saturated carbocycles. The van der Waals surface area contributed by atoms with E-state index in [4.69, 9.17) is 0 Å². The van der Waals surface area contributed by atoms with Crippen LogP contribution in [0.3, 0.4) is 0 Å². The largest absolute Gasteiger partial charge is 0.411 e. The number of nitrogens with zero attached hydrogens (tertiary/aromatic N) is 1. The molecule has 124 valence electrons. The molecule has 0 saturated heterocycles. The minimum absolute atomic E-state index is 0.0590. The summed E-state index contributed by atoms with van der Waals surface area (Å²) in [4.78, 5) is 1.96. The van der Waals surface area contributed by atoms with Crippen LogP contribution in [-0.4, -0.2) is 37.9 Å². The highest BCUT2D eigenvalue weighted by Gasteiger charge is 2.27. The molecule has 0 bridgehead atoms. The Morgan fingerprint density at radius 1 is 0.957 bits per heavy atom. The van der Waals surface area contributed by atoms with E-state index in [1.807, 2.05) is 60.5 Å². The molecule has 0 amide bonds. The van der Waals surface area contributed by atoms with Crippen LogP contribution in [0.5, 0.6) is 0 Å². The van der Waals surface area contributed by atoms with Gasteiger partial charge in [0, 0.05) is 13.1 Å². The van der Waals surface area contributed by atoms with Crippen LogP contribution < -0.4 is 0 Å². The van der Waals surface area contributed by atoms with Crippen molar-refractivity contribution in [3.63, 3.8) is 0 Å². The van der Waals surface area contributed by atoms with Crippen LogP contribution in [0, 0.1) is 0 Å². The molecular formula is C18H20F3NO. The van der Waals surface area contributed by atoms with Gasteiger partial charge in [0.15, 0.2) is 0 Å². The number of ether oxygens (including phenoxy) is 1. The normalized spacial score (nSPS) is 11.9. The second-order valence-electron chi connectivity index (χ2n) is 5.43. The van der Waals surface area contributed by atoms with Gasteiger partial charge in [-0.3, -0.25) is 4.90 Å². The summed E-state index contributed by atoms with van der Waals surface area (Å²) >= 11 is 0. The lowest BCUT2D eigenvalue weighted by Crippen LogP contribution is -2.25. The molecule has 0 heterocycles. The highest BCUT2D eigenvalue weighted by molar-refractivity contribution is 5.67. The van der Waals surface area contributed by atoms with Crippen molar-refractivity contribution in [2.45, 2.75) is 12.7 Å². The lowest BCUT2D eigenvalue weighted by Gasteiger charge is -2.19. The topological polar surface area (TPSA) is 12.5 Å². The highest BCUT2D eigenvalue weighted by atomic mass is 19.4. The van der Waals surface area contributed by atoms with Gasteiger partial charge in [-0.15, -0.1) is 0 Å². The summed E-state index contributed by atoms with van der Waals surface area (Å²) in [5, 5.41) is 0. The van der Waals surface area contributed by atoms with Crippen molar-refractivity contribution in [1.29, 1.82) is 0 Å². The number of halogens is 3. The molecule has 2 rings (SSSR count). The van der Waals surface area contributed by atoms with Gasteiger partial charge in [-0.2, -0.15) is 13.2 Å². The van der Waals surface area contributed by atoms with E-state index in [1.54, 1.807) is 0 Å². The monoisotopic (exact) mass is 323 g/mol. The molecule has 2 nitrogen and oxygen atoms in total. The van der Waals surface area contributed by atoms with Gasteiger partial charge in [-0.25, -0.2) is 0 Å². The maximum Gasteiger partial charge on any atom is 0.411 e. The van der Waals surface area contributed by atoms with Gasteiger partial charge in [-0.1, -0.05) is 54.6 Å². The van der Waals surface area contributed by atoms with E-state index in [9.17, 15) is 13.2 Å². The molecule has 0 radical (unpaired) electrons. The zero-order valence-corrected chi connectivity index (χ0v) is 13.0. The van der Waals surface area contributed by atoms with Gasteiger partial charge in [-0.05, 0) is 23.7 Å². The van der Waals surface area contributed by atoms with E-state index in [0.29, 0.717) is 13.1 Å². The van der Waals surface area contributed by atoms with Crippen molar-refractivity contribution in [3.8, 4) is 11.1 Å². The average Bonchev–Trinajstić information content (AvgIpc) is 2.52. The van der Waals surface area contributed by atoms with Crippen molar-refractivity contribution in [3.05, 3.63) is 60.2 Å². The predicted octanol–water partition coefficient (Wildman–Crippen LogP) is 4.36. The van der Waals surface area contributed by atoms with Gasteiger partial charge in [0.1, 0.15) is 6.61 Å². The Kier molecular flexibility index (Phi) is 6.19. The summed E-state index contributed by atoms with van der Waals surface area (Å²) < 4.78 is 40.7. The quantitative estimate of drug-likeness (QED) is 0.702. The smallest absolute Gasteiger partial charge is 0.371 e. The lowest BCUT2D eigenvalue weighted by molar-refractivity contribution is -0.174. The van der Waals surface area contributed by atoms with E-state index in [1.165, 1.54) is 0 Å².